The van der Waals surface area contributed by atoms with Crippen LogP contribution >= 0.6 is 0 Å². The first-order valence-corrected chi connectivity index (χ1v) is 13.6. The van der Waals surface area contributed by atoms with E-state index in [4.69, 9.17) is 18.9 Å². The van der Waals surface area contributed by atoms with Crippen LogP contribution in [0.5, 0.6) is 23.5 Å². The molecule has 0 fully saturated rings. The second kappa shape index (κ2) is 13.8. The van der Waals surface area contributed by atoms with Crippen molar-refractivity contribution in [3.8, 4) is 23.5 Å². The molecule has 2 aliphatic heterocycles. The van der Waals surface area contributed by atoms with Crippen LogP contribution in [-0.4, -0.2) is 110 Å². The Hall–Kier alpha value is -3.15. The van der Waals surface area contributed by atoms with Crippen molar-refractivity contribution in [1.29, 1.82) is 0 Å². The van der Waals surface area contributed by atoms with Crippen molar-refractivity contribution in [2.24, 2.45) is 0 Å². The van der Waals surface area contributed by atoms with Gasteiger partial charge in [-0.15, -0.1) is 4.98 Å². The number of methoxy groups -OCH3 is 1. The lowest BCUT2D eigenvalue weighted by Gasteiger charge is -2.23. The number of fused-ring (bicyclic) bond motifs is 1. The Bertz CT molecular complexity index is 1080. The van der Waals surface area contributed by atoms with E-state index in [-0.39, 0.29) is 18.1 Å². The van der Waals surface area contributed by atoms with Crippen molar-refractivity contribution in [2.45, 2.75) is 44.4 Å². The van der Waals surface area contributed by atoms with E-state index >= 15 is 0 Å². The number of nitrogens with zero attached hydrogens (tertiary/aromatic N) is 6. The van der Waals surface area contributed by atoms with Crippen molar-refractivity contribution >= 4 is 5.95 Å². The molecule has 3 heterocycles. The first-order valence-electron chi connectivity index (χ1n) is 13.6. The second-order valence-corrected chi connectivity index (χ2v) is 10.5. The van der Waals surface area contributed by atoms with Crippen molar-refractivity contribution in [2.75, 3.05) is 73.0 Å². The summed E-state index contributed by atoms with van der Waals surface area (Å²) < 4.78 is 23.6. The van der Waals surface area contributed by atoms with Gasteiger partial charge in [0.1, 0.15) is 6.10 Å². The highest BCUT2D eigenvalue weighted by Crippen LogP contribution is 2.41. The Labute approximate surface area is 231 Å². The molecule has 0 saturated heterocycles. The third-order valence-corrected chi connectivity index (χ3v) is 6.63. The molecule has 1 aromatic carbocycles. The fraction of sp³-hybridized carbons (Fsp3) is 0.607. The van der Waals surface area contributed by atoms with Gasteiger partial charge in [-0.1, -0.05) is 18.2 Å². The molecule has 0 aliphatic carbocycles. The third-order valence-electron chi connectivity index (χ3n) is 6.63. The lowest BCUT2D eigenvalue weighted by molar-refractivity contribution is 0.133. The van der Waals surface area contributed by atoms with Gasteiger partial charge in [-0.25, -0.2) is 0 Å². The molecule has 2 bridgehead atoms. The van der Waals surface area contributed by atoms with Crippen LogP contribution < -0.4 is 23.8 Å². The van der Waals surface area contributed by atoms with Crippen LogP contribution in [0.3, 0.4) is 0 Å². The zero-order chi connectivity index (χ0) is 27.8. The lowest BCUT2D eigenvalue weighted by Crippen LogP contribution is -2.26. The van der Waals surface area contributed by atoms with Crippen LogP contribution in [0.25, 0.3) is 0 Å². The molecular weight excluding hydrogens is 500 g/mol. The number of rotatable bonds is 12. The molecule has 11 heteroatoms. The first-order chi connectivity index (χ1) is 18.8. The highest BCUT2D eigenvalue weighted by Gasteiger charge is 2.31. The summed E-state index contributed by atoms with van der Waals surface area (Å²) >= 11 is 0. The minimum Gasteiger partial charge on any atom is -0.493 e. The maximum absolute atomic E-state index is 10.6. The van der Waals surface area contributed by atoms with Gasteiger partial charge in [0, 0.05) is 44.6 Å². The average Bonchev–Trinajstić information content (AvgIpc) is 3.31. The Morgan fingerprint density at radius 2 is 1.67 bits per heavy atom. The normalized spacial score (nSPS) is 19.5. The molecule has 2 aliphatic rings. The quantitative estimate of drug-likeness (QED) is 0.315. The Morgan fingerprint density at radius 1 is 1.00 bits per heavy atom. The molecule has 2 aromatic rings. The fourth-order valence-corrected chi connectivity index (χ4v) is 4.68. The summed E-state index contributed by atoms with van der Waals surface area (Å²) in [5.41, 5.74) is 2.19. The van der Waals surface area contributed by atoms with Crippen LogP contribution in [0.4, 0.5) is 5.95 Å². The topological polar surface area (TPSA) is 106 Å². The second-order valence-electron chi connectivity index (χ2n) is 10.5. The molecular formula is C28H42N6O5. The monoisotopic (exact) mass is 542 g/mol. The maximum atomic E-state index is 10.6. The van der Waals surface area contributed by atoms with E-state index in [9.17, 15) is 5.11 Å². The molecule has 0 amide bonds. The first kappa shape index (κ1) is 28.8. The number of aliphatic hydroxyl groups is 1. The van der Waals surface area contributed by atoms with Crippen molar-refractivity contribution in [3.63, 3.8) is 0 Å². The van der Waals surface area contributed by atoms with E-state index in [1.54, 1.807) is 13.2 Å². The molecule has 0 radical (unpaired) electrons. The predicted octanol–water partition coefficient (Wildman–Crippen LogP) is 2.17. The number of hydrogen-bond donors (Lipinski definition) is 1. The molecule has 39 heavy (non-hydrogen) atoms. The number of hydrogen-bond acceptors (Lipinski definition) is 11. The van der Waals surface area contributed by atoms with Crippen LogP contribution in [0, 0.1) is 0 Å². The van der Waals surface area contributed by atoms with Crippen LogP contribution in [-0.2, 0) is 13.0 Å². The smallest absolute Gasteiger partial charge is 0.324 e. The van der Waals surface area contributed by atoms with Gasteiger partial charge in [0.15, 0.2) is 11.5 Å². The van der Waals surface area contributed by atoms with Crippen LogP contribution in [0.1, 0.15) is 30.4 Å². The predicted molar refractivity (Wildman–Crippen MR) is 149 cm³/mol. The SMILES string of the molecule is COc1ccc2c3c1OC(C3)C[C@@H](O)/C=C/CN(c1nc(OCCCN(C)C)nc(OCCCN(C)C)n1)C2. The summed E-state index contributed by atoms with van der Waals surface area (Å²) in [6, 6.07) is 4.47. The third kappa shape index (κ3) is 8.17. The van der Waals surface area contributed by atoms with Crippen LogP contribution in [0.15, 0.2) is 24.3 Å². The van der Waals surface area contributed by atoms with Crippen LogP contribution in [0.2, 0.25) is 0 Å². The average molecular weight is 543 g/mol. The number of ether oxygens (including phenoxy) is 4. The van der Waals surface area contributed by atoms with Gasteiger partial charge in [-0.3, -0.25) is 0 Å². The lowest BCUT2D eigenvalue weighted by atomic mass is 10.00. The van der Waals surface area contributed by atoms with Crippen molar-refractivity contribution < 1.29 is 24.1 Å². The van der Waals surface area contributed by atoms with Crippen molar-refractivity contribution in [3.05, 3.63) is 35.4 Å². The largest absolute Gasteiger partial charge is 0.493 e. The van der Waals surface area contributed by atoms with E-state index in [0.29, 0.717) is 50.8 Å². The molecule has 1 aromatic heterocycles. The van der Waals surface area contributed by atoms with Gasteiger partial charge in [0.25, 0.3) is 0 Å². The number of anilines is 1. The van der Waals surface area contributed by atoms with Gasteiger partial charge in [-0.05, 0) is 52.7 Å². The van der Waals surface area contributed by atoms with E-state index in [1.807, 2.05) is 45.2 Å². The zero-order valence-electron chi connectivity index (χ0n) is 23.8. The number of benzene rings is 1. The van der Waals surface area contributed by atoms with E-state index < -0.39 is 6.10 Å². The fourth-order valence-electron chi connectivity index (χ4n) is 4.68. The van der Waals surface area contributed by atoms with Gasteiger partial charge in [0.2, 0.25) is 5.95 Å². The van der Waals surface area contributed by atoms with E-state index in [1.165, 1.54) is 0 Å². The Balaban J connectivity index is 1.62. The summed E-state index contributed by atoms with van der Waals surface area (Å²) in [6.45, 7) is 3.80. The number of aliphatic hydroxyl groups excluding tert-OH is 1. The minimum absolute atomic E-state index is 0.109. The molecule has 0 saturated carbocycles. The summed E-state index contributed by atoms with van der Waals surface area (Å²) in [7, 11) is 9.77. The summed E-state index contributed by atoms with van der Waals surface area (Å²) in [5.74, 6) is 1.91. The van der Waals surface area contributed by atoms with E-state index in [2.05, 4.69) is 30.8 Å². The molecule has 11 nitrogen and oxygen atoms in total. The molecule has 4 rings (SSSR count). The standard InChI is InChI=1S/C28H42N6O5/c1-32(2)12-7-15-37-27-29-26(30-28(31-27)38-16-8-13-33(3)4)34-14-6-9-21(35)17-22-18-23-20(19-34)10-11-24(36-5)25(23)39-22/h6,9-11,21-22,35H,7-8,12-19H2,1-5H3/b9-6+/t21-,22?/m0/s1. The zero-order valence-corrected chi connectivity index (χ0v) is 23.8. The summed E-state index contributed by atoms with van der Waals surface area (Å²) in [5, 5.41) is 10.6. The molecule has 1 N–H and O–H groups in total. The minimum atomic E-state index is -0.622. The molecule has 214 valence electrons. The van der Waals surface area contributed by atoms with Crippen molar-refractivity contribution in [1.82, 2.24) is 24.8 Å². The highest BCUT2D eigenvalue weighted by atomic mass is 16.5. The Kier molecular flexibility index (Phi) is 10.2. The van der Waals surface area contributed by atoms with E-state index in [0.717, 1.165) is 42.8 Å². The number of aromatic nitrogens is 3. The molecule has 0 spiro atoms. The van der Waals surface area contributed by atoms with Gasteiger partial charge < -0.3 is 38.8 Å². The van der Waals surface area contributed by atoms with Gasteiger partial charge in [0.05, 0.1) is 26.4 Å². The summed E-state index contributed by atoms with van der Waals surface area (Å²) in [6.07, 6.45) is 5.92. The van der Waals surface area contributed by atoms with Gasteiger partial charge >= 0.3 is 12.0 Å². The highest BCUT2D eigenvalue weighted by molar-refractivity contribution is 5.54. The maximum Gasteiger partial charge on any atom is 0.324 e. The molecule has 2 atom stereocenters. The van der Waals surface area contributed by atoms with Gasteiger partial charge in [-0.2, -0.15) is 9.97 Å². The summed E-state index contributed by atoms with van der Waals surface area (Å²) in [4.78, 5) is 20.0. The molecule has 1 unspecified atom stereocenters. The Morgan fingerprint density at radius 3 is 2.28 bits per heavy atom.